The van der Waals surface area contributed by atoms with Crippen molar-refractivity contribution in [3.8, 4) is 73.2 Å². The molecule has 1 aliphatic heterocycles. The van der Waals surface area contributed by atoms with Crippen molar-refractivity contribution in [1.82, 2.24) is 14.1 Å². The summed E-state index contributed by atoms with van der Waals surface area (Å²) in [7, 11) is 0. The first-order chi connectivity index (χ1) is 35.7. The van der Waals surface area contributed by atoms with Gasteiger partial charge in [0.2, 0.25) is 0 Å². The summed E-state index contributed by atoms with van der Waals surface area (Å²) in [6.07, 6.45) is 5.68. The van der Waals surface area contributed by atoms with Crippen molar-refractivity contribution in [1.29, 1.82) is 0 Å². The Morgan fingerprint density at radius 2 is 1.21 bits per heavy atom. The zero-order valence-corrected chi connectivity index (χ0v) is 42.0. The van der Waals surface area contributed by atoms with Gasteiger partial charge in [-0.1, -0.05) is 156 Å². The largest absolute Gasteiger partial charge is 0.510 e. The number of fused-ring (bicyclic) bond motifs is 10. The van der Waals surface area contributed by atoms with Crippen molar-refractivity contribution >= 4 is 32.8 Å². The summed E-state index contributed by atoms with van der Waals surface area (Å²) in [4.78, 5) is 4.86. The molecule has 8 aromatic carbocycles. The van der Waals surface area contributed by atoms with Crippen LogP contribution in [0.2, 0.25) is 0 Å². The first-order valence-electron chi connectivity index (χ1n) is 26.4. The van der Waals surface area contributed by atoms with Crippen LogP contribution in [-0.2, 0) is 31.9 Å². The number of para-hydroxylation sites is 2. The fourth-order valence-corrected chi connectivity index (χ4v) is 10.2. The first-order valence-corrected chi connectivity index (χ1v) is 23.4. The van der Waals surface area contributed by atoms with Gasteiger partial charge in [0, 0.05) is 52.5 Å². The standard InChI is InChI=1S/C64H52N4O.Pt/c1-40-18-15-19-41(2)60(40)42-34-54-50-25-12-10-23-48(50)47-22-9-11-24-49(47)53-27-17-28-55(64(6,7)8)61(53)67-39-66(58(35-42)62(54)67)44-20-16-21-45(37-44)69-46-30-31-52-51-26-13-14-29-56(51)68(57(52)38-46)59-36-43(32-33-65-59)63(3,4)5;/h9-36H,1-8H3;/q-2;/i1D3,2D3;. The Morgan fingerprint density at radius 1 is 0.571 bits per heavy atom. The van der Waals surface area contributed by atoms with Crippen molar-refractivity contribution < 1.29 is 38.6 Å². The molecule has 5 nitrogen and oxygen atoms in total. The first kappa shape index (κ1) is 38.5. The second-order valence-electron chi connectivity index (χ2n) is 20.0. The maximum atomic E-state index is 8.76. The third-order valence-electron chi connectivity index (χ3n) is 13.5. The molecule has 3 aromatic heterocycles. The number of nitrogens with zero attached hydrogens (tertiary/aromatic N) is 4. The van der Waals surface area contributed by atoms with Gasteiger partial charge in [-0.15, -0.1) is 29.7 Å². The molecular formula is C64H52N4OPt-2. The van der Waals surface area contributed by atoms with Crippen molar-refractivity contribution in [3.05, 3.63) is 211 Å². The van der Waals surface area contributed by atoms with Gasteiger partial charge >= 0.3 is 0 Å². The summed E-state index contributed by atoms with van der Waals surface area (Å²) < 4.78 is 65.5. The molecule has 4 heterocycles. The molecule has 6 heteroatoms. The van der Waals surface area contributed by atoms with E-state index in [0.717, 1.165) is 83.3 Å². The summed E-state index contributed by atoms with van der Waals surface area (Å²) >= 11 is 0. The summed E-state index contributed by atoms with van der Waals surface area (Å²) in [5.74, 6) is 1.69. The van der Waals surface area contributed by atoms with Crippen LogP contribution >= 0.6 is 0 Å². The Balaban J connectivity index is 0.00000616. The van der Waals surface area contributed by atoms with Gasteiger partial charge in [0.05, 0.1) is 16.7 Å². The predicted molar refractivity (Wildman–Crippen MR) is 282 cm³/mol. The maximum absolute atomic E-state index is 8.76. The van der Waals surface area contributed by atoms with E-state index < -0.39 is 13.7 Å². The third-order valence-corrected chi connectivity index (χ3v) is 13.5. The van der Waals surface area contributed by atoms with Gasteiger partial charge in [0.1, 0.15) is 5.82 Å². The molecule has 0 amide bonds. The molecule has 0 fully saturated rings. The number of aryl methyl sites for hydroxylation is 2. The number of rotatable bonds is 5. The molecule has 12 rings (SSSR count). The van der Waals surface area contributed by atoms with Crippen molar-refractivity contribution in [3.63, 3.8) is 0 Å². The molecule has 0 spiro atoms. The van der Waals surface area contributed by atoms with Crippen LogP contribution in [0, 0.1) is 32.2 Å². The normalized spacial score (nSPS) is 13.8. The Bertz CT molecular complexity index is 4080. The van der Waals surface area contributed by atoms with E-state index in [4.69, 9.17) is 17.9 Å². The quantitative estimate of drug-likeness (QED) is 0.127. The minimum Gasteiger partial charge on any atom is -0.510 e. The molecule has 346 valence electrons. The van der Waals surface area contributed by atoms with E-state index in [1.54, 1.807) is 0 Å². The summed E-state index contributed by atoms with van der Waals surface area (Å²) in [6.45, 7) is 7.93. The molecule has 0 saturated heterocycles. The second kappa shape index (κ2) is 17.0. The molecule has 0 bridgehead atoms. The Kier molecular flexibility index (Phi) is 9.33. The van der Waals surface area contributed by atoms with E-state index in [9.17, 15) is 0 Å². The van der Waals surface area contributed by atoms with Crippen molar-refractivity contribution in [2.75, 3.05) is 0 Å². The number of imidazole rings is 1. The van der Waals surface area contributed by atoms with E-state index in [0.29, 0.717) is 28.3 Å². The summed E-state index contributed by atoms with van der Waals surface area (Å²) in [6, 6.07) is 60.9. The fraction of sp³-hybridized carbons (Fsp3) is 0.156. The Hall–Kier alpha value is -7.33. The van der Waals surface area contributed by atoms with Crippen molar-refractivity contribution in [2.45, 2.75) is 66.1 Å². The van der Waals surface area contributed by atoms with Crippen molar-refractivity contribution in [2.24, 2.45) is 0 Å². The molecule has 0 saturated carbocycles. The Labute approximate surface area is 433 Å². The minimum atomic E-state index is -2.64. The summed E-state index contributed by atoms with van der Waals surface area (Å²) in [5, 5.41) is 2.08. The van der Waals surface area contributed by atoms with Crippen LogP contribution < -0.4 is 9.30 Å². The molecule has 0 N–H and O–H groups in total. The van der Waals surface area contributed by atoms with Crippen LogP contribution in [-0.4, -0.2) is 14.1 Å². The van der Waals surface area contributed by atoms with Crippen LogP contribution in [0.4, 0.5) is 0 Å². The second-order valence-corrected chi connectivity index (χ2v) is 20.0. The van der Waals surface area contributed by atoms with Crippen LogP contribution in [0.3, 0.4) is 0 Å². The maximum Gasteiger partial charge on any atom is 0.268 e. The van der Waals surface area contributed by atoms with Gasteiger partial charge < -0.3 is 13.9 Å². The number of hydrogen-bond acceptors (Lipinski definition) is 2. The molecule has 70 heavy (non-hydrogen) atoms. The Morgan fingerprint density at radius 3 is 1.93 bits per heavy atom. The monoisotopic (exact) mass is 1090 g/mol. The van der Waals surface area contributed by atoms with Crippen LogP contribution in [0.15, 0.2) is 170 Å². The summed E-state index contributed by atoms with van der Waals surface area (Å²) in [5.41, 5.74) is 12.7. The smallest absolute Gasteiger partial charge is 0.268 e. The molecule has 0 aliphatic carbocycles. The molecular weight excluding hydrogens is 1040 g/mol. The average Bonchev–Trinajstić information content (AvgIpc) is 3.96. The molecule has 1 aliphatic rings. The molecule has 0 radical (unpaired) electrons. The van der Waals surface area contributed by atoms with E-state index in [1.807, 2.05) is 77.5 Å². The zero-order chi connectivity index (χ0) is 52.3. The molecule has 0 atom stereocenters. The van der Waals surface area contributed by atoms with Gasteiger partial charge in [-0.25, -0.2) is 4.98 Å². The van der Waals surface area contributed by atoms with Crippen LogP contribution in [0.1, 0.15) is 72.0 Å². The SMILES string of the molecule is [2H]C([2H])([2H])c1cccc(C([2H])([2H])[2H])c1-c1cc2c3c(c1)n(-c1[c-]c(Oc4[c-]c5c(cc4)c4ccccc4n5-c4cc(C(C)(C)C)ccn4)ccc1)[c-][n+]3-c1c(cccc1C(C)(C)C)-c1ccccc1-c1ccccc1-2.[Pt]. The van der Waals surface area contributed by atoms with E-state index in [-0.39, 0.29) is 48.6 Å². The topological polar surface area (TPSA) is 35.9 Å². The average molecular weight is 1090 g/mol. The van der Waals surface area contributed by atoms with Gasteiger partial charge in [-0.3, -0.25) is 4.57 Å². The number of ether oxygens (including phenoxy) is 1. The fourth-order valence-electron chi connectivity index (χ4n) is 10.2. The van der Waals surface area contributed by atoms with Gasteiger partial charge in [0.25, 0.3) is 6.33 Å². The number of aromatic nitrogens is 4. The van der Waals surface area contributed by atoms with Gasteiger partial charge in [-0.2, -0.15) is 18.2 Å². The number of pyridine rings is 1. The number of benzene rings is 8. The predicted octanol–water partition coefficient (Wildman–Crippen LogP) is 15.8. The third kappa shape index (κ3) is 7.42. The van der Waals surface area contributed by atoms with Crippen LogP contribution in [0.5, 0.6) is 11.5 Å². The van der Waals surface area contributed by atoms with Gasteiger partial charge in [0.15, 0.2) is 0 Å². The van der Waals surface area contributed by atoms with E-state index in [1.165, 1.54) is 18.2 Å². The molecule has 11 aromatic rings. The zero-order valence-electron chi connectivity index (χ0n) is 45.7. The number of hydrogen-bond donors (Lipinski definition) is 0. The van der Waals surface area contributed by atoms with Gasteiger partial charge in [-0.05, 0) is 127 Å². The van der Waals surface area contributed by atoms with E-state index >= 15 is 0 Å². The minimum absolute atomic E-state index is 0. The van der Waals surface area contributed by atoms with Crippen LogP contribution in [0.25, 0.3) is 94.5 Å². The van der Waals surface area contributed by atoms with E-state index in [2.05, 4.69) is 148 Å². The molecule has 0 unspecified atom stereocenters.